The topological polar surface area (TPSA) is 74.3 Å². The number of nitrogens with zero attached hydrogens (tertiary/aromatic N) is 1. The van der Waals surface area contributed by atoms with Crippen LogP contribution < -0.4 is 11.2 Å². The number of hydrazone groups is 1. The number of halogens is 3. The molecule has 1 aromatic rings. The third-order valence-electron chi connectivity index (χ3n) is 1.35. The Hall–Kier alpha value is -0.970. The molecule has 1 aromatic carbocycles. The minimum absolute atomic E-state index is 0. The van der Waals surface area contributed by atoms with Gasteiger partial charge in [0.15, 0.2) is 0 Å². The molecule has 0 heterocycles. The number of nitrogens with two attached hydrogens (primary N) is 1. The average Bonchev–Trinajstić information content (AvgIpc) is 2.08. The largest absolute Gasteiger partial charge is 0.369 e. The Labute approximate surface area is 103 Å². The van der Waals surface area contributed by atoms with E-state index in [2.05, 4.69) is 10.5 Å². The third kappa shape index (κ3) is 4.88. The Morgan fingerprint density at radius 3 is 2.67 bits per heavy atom. The Bertz CT molecular complexity index is 378. The summed E-state index contributed by atoms with van der Waals surface area (Å²) < 4.78 is 0. The van der Waals surface area contributed by atoms with Gasteiger partial charge in [-0.1, -0.05) is 29.3 Å². The van der Waals surface area contributed by atoms with Gasteiger partial charge in [-0.25, -0.2) is 5.43 Å². The van der Waals surface area contributed by atoms with Crippen molar-refractivity contribution in [3.8, 4) is 0 Å². The van der Waals surface area contributed by atoms with Crippen LogP contribution in [-0.4, -0.2) is 12.2 Å². The highest BCUT2D eigenvalue weighted by atomic mass is 35.5. The summed E-state index contributed by atoms with van der Waals surface area (Å²) in [4.78, 5) is 0. The molecule has 0 aliphatic rings. The minimum Gasteiger partial charge on any atom is -0.369 e. The first-order chi connectivity index (χ1) is 6.59. The molecular formula is C8H9Cl3N4. The first kappa shape index (κ1) is 14.0. The zero-order valence-corrected chi connectivity index (χ0v) is 9.83. The maximum atomic E-state index is 6.85. The van der Waals surface area contributed by atoms with Gasteiger partial charge in [0.2, 0.25) is 5.96 Å². The molecule has 4 N–H and O–H groups in total. The summed E-state index contributed by atoms with van der Waals surface area (Å²) >= 11 is 11.6. The lowest BCUT2D eigenvalue weighted by Crippen LogP contribution is -2.25. The van der Waals surface area contributed by atoms with E-state index >= 15 is 0 Å². The van der Waals surface area contributed by atoms with Gasteiger partial charge in [0, 0.05) is 10.6 Å². The van der Waals surface area contributed by atoms with E-state index in [0.717, 1.165) is 0 Å². The van der Waals surface area contributed by atoms with Gasteiger partial charge >= 0.3 is 0 Å². The molecule has 7 heteroatoms. The number of hydrogen-bond donors (Lipinski definition) is 3. The lowest BCUT2D eigenvalue weighted by molar-refractivity contribution is 1.00. The summed E-state index contributed by atoms with van der Waals surface area (Å²) in [6.45, 7) is 0. The van der Waals surface area contributed by atoms with E-state index in [1.807, 2.05) is 0 Å². The fraction of sp³-hybridized carbons (Fsp3) is 0. The van der Waals surface area contributed by atoms with Crippen molar-refractivity contribution >= 4 is 47.8 Å². The van der Waals surface area contributed by atoms with Gasteiger partial charge in [-0.3, -0.25) is 5.41 Å². The predicted octanol–water partition coefficient (Wildman–Crippen LogP) is 2.23. The number of hydrogen-bond acceptors (Lipinski definition) is 2. The van der Waals surface area contributed by atoms with E-state index in [-0.39, 0.29) is 18.4 Å². The Morgan fingerprint density at radius 2 is 2.13 bits per heavy atom. The average molecular weight is 268 g/mol. The highest BCUT2D eigenvalue weighted by Crippen LogP contribution is 2.19. The normalized spacial score (nSPS) is 9.73. The smallest absolute Gasteiger partial charge is 0.206 e. The van der Waals surface area contributed by atoms with Crippen molar-refractivity contribution in [1.29, 1.82) is 5.41 Å². The summed E-state index contributed by atoms with van der Waals surface area (Å²) in [5.41, 5.74) is 8.00. The molecule has 0 aliphatic heterocycles. The molecule has 0 fully saturated rings. The fourth-order valence-corrected chi connectivity index (χ4v) is 1.23. The first-order valence-electron chi connectivity index (χ1n) is 3.68. The maximum Gasteiger partial charge on any atom is 0.206 e. The van der Waals surface area contributed by atoms with E-state index < -0.39 is 0 Å². The summed E-state index contributed by atoms with van der Waals surface area (Å²) in [6, 6.07) is 5.02. The van der Waals surface area contributed by atoms with Crippen molar-refractivity contribution in [2.75, 3.05) is 0 Å². The number of nitrogens with one attached hydrogen (secondary N) is 2. The Morgan fingerprint density at radius 1 is 1.47 bits per heavy atom. The minimum atomic E-state index is -0.230. The SMILES string of the molecule is Cl.N=C(N)N/N=C/c1ccc(Cl)cc1Cl. The predicted molar refractivity (Wildman–Crippen MR) is 66.4 cm³/mol. The molecule has 0 radical (unpaired) electrons. The molecule has 0 spiro atoms. The van der Waals surface area contributed by atoms with Gasteiger partial charge in [-0.05, 0) is 12.1 Å². The highest BCUT2D eigenvalue weighted by molar-refractivity contribution is 6.36. The van der Waals surface area contributed by atoms with Gasteiger partial charge in [0.1, 0.15) is 0 Å². The van der Waals surface area contributed by atoms with Gasteiger partial charge < -0.3 is 5.73 Å². The van der Waals surface area contributed by atoms with Crippen molar-refractivity contribution in [2.24, 2.45) is 10.8 Å². The van der Waals surface area contributed by atoms with Gasteiger partial charge in [0.05, 0.1) is 11.2 Å². The van der Waals surface area contributed by atoms with E-state index in [9.17, 15) is 0 Å². The van der Waals surface area contributed by atoms with E-state index in [1.165, 1.54) is 6.21 Å². The van der Waals surface area contributed by atoms with E-state index in [1.54, 1.807) is 18.2 Å². The van der Waals surface area contributed by atoms with Crippen LogP contribution in [0.25, 0.3) is 0 Å². The Balaban J connectivity index is 0.00000196. The van der Waals surface area contributed by atoms with Crippen LogP contribution in [0.15, 0.2) is 23.3 Å². The Kier molecular flexibility index (Phi) is 6.08. The van der Waals surface area contributed by atoms with Crippen molar-refractivity contribution in [3.63, 3.8) is 0 Å². The van der Waals surface area contributed by atoms with Gasteiger partial charge in [-0.15, -0.1) is 12.4 Å². The standard InChI is InChI=1S/C8H8Cl2N4.ClH/c9-6-2-1-5(7(10)3-6)4-13-14-8(11)12;/h1-4H,(H4,11,12,14);1H/b13-4+;. The molecular weight excluding hydrogens is 258 g/mol. The van der Waals surface area contributed by atoms with Crippen LogP contribution in [0.4, 0.5) is 0 Å². The zero-order valence-electron chi connectivity index (χ0n) is 7.50. The molecule has 0 unspecified atom stereocenters. The monoisotopic (exact) mass is 266 g/mol. The van der Waals surface area contributed by atoms with Crippen LogP contribution in [0.2, 0.25) is 10.0 Å². The molecule has 0 bridgehead atoms. The van der Waals surface area contributed by atoms with E-state index in [4.69, 9.17) is 34.3 Å². The lowest BCUT2D eigenvalue weighted by Gasteiger charge is -1.98. The molecule has 0 atom stereocenters. The second-order valence-corrected chi connectivity index (χ2v) is 3.29. The third-order valence-corrected chi connectivity index (χ3v) is 1.91. The van der Waals surface area contributed by atoms with Crippen LogP contribution >= 0.6 is 35.6 Å². The molecule has 0 aliphatic carbocycles. The lowest BCUT2D eigenvalue weighted by atomic mass is 10.2. The van der Waals surface area contributed by atoms with Crippen LogP contribution in [0.1, 0.15) is 5.56 Å². The van der Waals surface area contributed by atoms with Gasteiger partial charge in [-0.2, -0.15) is 5.10 Å². The van der Waals surface area contributed by atoms with Crippen LogP contribution in [0.5, 0.6) is 0 Å². The second kappa shape index (κ2) is 6.50. The first-order valence-corrected chi connectivity index (χ1v) is 4.43. The quantitative estimate of drug-likeness (QED) is 0.437. The van der Waals surface area contributed by atoms with Crippen molar-refractivity contribution in [1.82, 2.24) is 5.43 Å². The fourth-order valence-electron chi connectivity index (χ4n) is 0.778. The van der Waals surface area contributed by atoms with Crippen molar-refractivity contribution in [3.05, 3.63) is 33.8 Å². The molecule has 82 valence electrons. The van der Waals surface area contributed by atoms with Crippen LogP contribution in [0.3, 0.4) is 0 Å². The summed E-state index contributed by atoms with van der Waals surface area (Å²) in [7, 11) is 0. The molecule has 15 heavy (non-hydrogen) atoms. The number of rotatable bonds is 2. The highest BCUT2D eigenvalue weighted by Gasteiger charge is 1.97. The van der Waals surface area contributed by atoms with Crippen molar-refractivity contribution in [2.45, 2.75) is 0 Å². The molecule has 0 saturated heterocycles. The van der Waals surface area contributed by atoms with Crippen molar-refractivity contribution < 1.29 is 0 Å². The van der Waals surface area contributed by atoms with Crippen LogP contribution in [-0.2, 0) is 0 Å². The molecule has 0 amide bonds. The number of guanidine groups is 1. The van der Waals surface area contributed by atoms with Crippen LogP contribution in [0, 0.1) is 5.41 Å². The molecule has 0 saturated carbocycles. The summed E-state index contributed by atoms with van der Waals surface area (Å²) in [6.07, 6.45) is 1.46. The summed E-state index contributed by atoms with van der Waals surface area (Å²) in [5.74, 6) is -0.230. The zero-order chi connectivity index (χ0) is 10.6. The molecule has 0 aromatic heterocycles. The molecule has 4 nitrogen and oxygen atoms in total. The molecule has 1 rings (SSSR count). The van der Waals surface area contributed by atoms with Gasteiger partial charge in [0.25, 0.3) is 0 Å². The maximum absolute atomic E-state index is 6.85. The number of benzene rings is 1. The summed E-state index contributed by atoms with van der Waals surface area (Å²) in [5, 5.41) is 11.6. The second-order valence-electron chi connectivity index (χ2n) is 2.45. The van der Waals surface area contributed by atoms with E-state index in [0.29, 0.717) is 15.6 Å².